The quantitative estimate of drug-likeness (QED) is 0.351. The Balaban J connectivity index is 0.000000421. The second-order valence-electron chi connectivity index (χ2n) is 14.5. The second kappa shape index (κ2) is 14.6. The van der Waals surface area contributed by atoms with Gasteiger partial charge in [-0.2, -0.15) is 0 Å². The molecule has 0 bridgehead atoms. The molecular formula is C37H68. The molecule has 0 aromatic rings. The highest BCUT2D eigenvalue weighted by molar-refractivity contribution is 5.09. The predicted octanol–water partition coefficient (Wildman–Crippen LogP) is 12.0. The number of fused-ring (bicyclic) bond motifs is 6. The summed E-state index contributed by atoms with van der Waals surface area (Å²) in [6.45, 7) is 12.2. The van der Waals surface area contributed by atoms with E-state index in [1.807, 2.05) is 27.7 Å². The minimum absolute atomic E-state index is 1.14. The van der Waals surface area contributed by atoms with Crippen molar-refractivity contribution in [1.82, 2.24) is 0 Å². The van der Waals surface area contributed by atoms with E-state index in [1.54, 1.807) is 116 Å². The largest absolute Gasteiger partial charge is 0.0683 e. The zero-order valence-electron chi connectivity index (χ0n) is 26.4. The van der Waals surface area contributed by atoms with E-state index in [4.69, 9.17) is 0 Å². The van der Waals surface area contributed by atoms with E-state index in [-0.39, 0.29) is 0 Å². The predicted molar refractivity (Wildman–Crippen MR) is 164 cm³/mol. The Hall–Kier alpha value is 0. The van der Waals surface area contributed by atoms with Crippen LogP contribution >= 0.6 is 0 Å². The molecule has 7 fully saturated rings. The maximum absolute atomic E-state index is 2.12. The summed E-state index contributed by atoms with van der Waals surface area (Å²) in [5, 5.41) is 0. The average molecular weight is 513 g/mol. The molecule has 0 aromatic heterocycles. The molecule has 7 saturated carbocycles. The first-order valence-corrected chi connectivity index (χ1v) is 18.3. The molecule has 0 heterocycles. The van der Waals surface area contributed by atoms with Gasteiger partial charge in [0, 0.05) is 0 Å². The van der Waals surface area contributed by atoms with Crippen LogP contribution in [0.15, 0.2) is 0 Å². The maximum Gasteiger partial charge on any atom is -0.0349 e. The van der Waals surface area contributed by atoms with E-state index in [2.05, 4.69) is 13.8 Å². The first-order valence-electron chi connectivity index (χ1n) is 18.3. The van der Waals surface area contributed by atoms with Crippen molar-refractivity contribution in [2.45, 2.75) is 164 Å². The topological polar surface area (TPSA) is 0 Å². The molecule has 7 aliphatic rings. The normalized spacial score (nSPS) is 43.9. The van der Waals surface area contributed by atoms with Crippen molar-refractivity contribution in [3.05, 3.63) is 0 Å². The molecule has 0 N–H and O–H groups in total. The lowest BCUT2D eigenvalue weighted by Gasteiger charge is -2.43. The third kappa shape index (κ3) is 6.19. The minimum Gasteiger partial charge on any atom is -0.0683 e. The fourth-order valence-corrected chi connectivity index (χ4v) is 11.4. The van der Waals surface area contributed by atoms with Crippen LogP contribution in [0.3, 0.4) is 0 Å². The van der Waals surface area contributed by atoms with Gasteiger partial charge in [0.15, 0.2) is 0 Å². The molecule has 0 heteroatoms. The Kier molecular flexibility index (Phi) is 11.8. The number of hydrogen-bond acceptors (Lipinski definition) is 0. The Labute approximate surface area is 234 Å². The molecule has 7 rings (SSSR count). The van der Waals surface area contributed by atoms with Gasteiger partial charge in [-0.1, -0.05) is 112 Å². The first kappa shape index (κ1) is 30.0. The van der Waals surface area contributed by atoms with Gasteiger partial charge in [-0.25, -0.2) is 0 Å². The van der Waals surface area contributed by atoms with Gasteiger partial charge < -0.3 is 0 Å². The van der Waals surface area contributed by atoms with E-state index >= 15 is 0 Å². The van der Waals surface area contributed by atoms with Crippen molar-refractivity contribution < 1.29 is 0 Å². The van der Waals surface area contributed by atoms with Crippen molar-refractivity contribution in [2.24, 2.45) is 71.0 Å². The van der Waals surface area contributed by atoms with Gasteiger partial charge >= 0.3 is 0 Å². The standard InChI is InChI=1S/C30H48.C3H8.2C2H6/c1-3-13-23-21(11-1)25(15-19-7-5-8-19)29-18-28-24-14-4-2-12-22(24)26(16-20-9-6-10-20)30(28)17-27(23)29;1-3-2;2*1-2/h19-30H,1-18H2;3H2,1-2H3;2*1-2H3. The van der Waals surface area contributed by atoms with Gasteiger partial charge in [0.05, 0.1) is 0 Å². The molecule has 0 aliphatic heterocycles. The van der Waals surface area contributed by atoms with E-state index in [1.165, 1.54) is 65.6 Å². The van der Waals surface area contributed by atoms with Crippen molar-refractivity contribution in [2.75, 3.05) is 0 Å². The van der Waals surface area contributed by atoms with Gasteiger partial charge in [0.25, 0.3) is 0 Å². The summed E-state index contributed by atoms with van der Waals surface area (Å²) in [6.07, 6.45) is 30.3. The second-order valence-corrected chi connectivity index (χ2v) is 14.5. The fourth-order valence-electron chi connectivity index (χ4n) is 11.4. The summed E-state index contributed by atoms with van der Waals surface area (Å²) >= 11 is 0. The van der Waals surface area contributed by atoms with Crippen LogP contribution in [-0.2, 0) is 0 Å². The van der Waals surface area contributed by atoms with Gasteiger partial charge in [-0.15, -0.1) is 0 Å². The van der Waals surface area contributed by atoms with Crippen LogP contribution in [0.4, 0.5) is 0 Å². The molecule has 0 aromatic carbocycles. The van der Waals surface area contributed by atoms with Crippen molar-refractivity contribution >= 4 is 0 Å². The number of rotatable bonds is 4. The lowest BCUT2D eigenvalue weighted by atomic mass is 9.62. The van der Waals surface area contributed by atoms with Crippen LogP contribution in [0.2, 0.25) is 0 Å². The minimum atomic E-state index is 1.14. The Morgan fingerprint density at radius 3 is 1.00 bits per heavy atom. The van der Waals surface area contributed by atoms with E-state index < -0.39 is 0 Å². The molecule has 0 saturated heterocycles. The zero-order valence-corrected chi connectivity index (χ0v) is 26.4. The van der Waals surface area contributed by atoms with E-state index in [0.717, 1.165) is 11.8 Å². The third-order valence-electron chi connectivity index (χ3n) is 12.9. The fraction of sp³-hybridized carbons (Fsp3) is 1.00. The van der Waals surface area contributed by atoms with Gasteiger partial charge in [0.1, 0.15) is 0 Å². The molecule has 0 radical (unpaired) electrons. The summed E-state index contributed by atoms with van der Waals surface area (Å²) in [4.78, 5) is 0. The van der Waals surface area contributed by atoms with Gasteiger partial charge in [0.2, 0.25) is 0 Å². The SMILES string of the molecule is C1CC(CC2C3CCCCC3C3CC4C(CC5CCC5)C5CCCCC5C4CC23)C1.CC.CC.CCC. The van der Waals surface area contributed by atoms with Gasteiger partial charge in [-0.3, -0.25) is 0 Å². The summed E-state index contributed by atoms with van der Waals surface area (Å²) < 4.78 is 0. The summed E-state index contributed by atoms with van der Waals surface area (Å²) in [6, 6.07) is 0. The van der Waals surface area contributed by atoms with E-state index in [9.17, 15) is 0 Å². The molecule has 37 heavy (non-hydrogen) atoms. The lowest BCUT2D eigenvalue weighted by Crippen LogP contribution is -2.35. The molecule has 10 unspecified atom stereocenters. The first-order chi connectivity index (χ1) is 18.3. The highest BCUT2D eigenvalue weighted by atomic mass is 14.6. The average Bonchev–Trinajstić information content (AvgIpc) is 3.37. The molecular weight excluding hydrogens is 444 g/mol. The summed E-state index contributed by atoms with van der Waals surface area (Å²) in [5.41, 5.74) is 0. The van der Waals surface area contributed by atoms with Crippen LogP contribution in [0.5, 0.6) is 0 Å². The third-order valence-corrected chi connectivity index (χ3v) is 12.9. The molecule has 10 atom stereocenters. The van der Waals surface area contributed by atoms with Crippen LogP contribution < -0.4 is 0 Å². The number of hydrogen-bond donors (Lipinski definition) is 0. The molecule has 0 amide bonds. The van der Waals surface area contributed by atoms with Crippen molar-refractivity contribution in [1.29, 1.82) is 0 Å². The van der Waals surface area contributed by atoms with Crippen molar-refractivity contribution in [3.63, 3.8) is 0 Å². The summed E-state index contributed by atoms with van der Waals surface area (Å²) in [5.74, 6) is 14.0. The van der Waals surface area contributed by atoms with Crippen LogP contribution in [-0.4, -0.2) is 0 Å². The lowest BCUT2D eigenvalue weighted by molar-refractivity contribution is 0.0594. The highest BCUT2D eigenvalue weighted by Crippen LogP contribution is 2.67. The highest BCUT2D eigenvalue weighted by Gasteiger charge is 2.60. The van der Waals surface area contributed by atoms with Crippen LogP contribution in [0.25, 0.3) is 0 Å². The molecule has 216 valence electrons. The van der Waals surface area contributed by atoms with Gasteiger partial charge in [-0.05, 0) is 122 Å². The van der Waals surface area contributed by atoms with Crippen LogP contribution in [0, 0.1) is 71.0 Å². The van der Waals surface area contributed by atoms with Crippen LogP contribution in [0.1, 0.15) is 164 Å². The Bertz CT molecular complexity index is 574. The van der Waals surface area contributed by atoms with E-state index in [0.29, 0.717) is 0 Å². The smallest absolute Gasteiger partial charge is 0.0349 e. The van der Waals surface area contributed by atoms with Crippen molar-refractivity contribution in [3.8, 4) is 0 Å². The molecule has 0 spiro atoms. The summed E-state index contributed by atoms with van der Waals surface area (Å²) in [7, 11) is 0. The molecule has 0 nitrogen and oxygen atoms in total. The maximum atomic E-state index is 2.12. The zero-order chi connectivity index (χ0) is 26.4. The monoisotopic (exact) mass is 513 g/mol. The molecule has 7 aliphatic carbocycles. The Morgan fingerprint density at radius 2 is 0.703 bits per heavy atom. The Morgan fingerprint density at radius 1 is 0.378 bits per heavy atom.